The zero-order valence-corrected chi connectivity index (χ0v) is 11.9. The quantitative estimate of drug-likeness (QED) is 0.781. The van der Waals surface area contributed by atoms with Crippen molar-refractivity contribution in [1.82, 2.24) is 10.6 Å². The number of amides is 2. The molecule has 0 aliphatic carbocycles. The highest BCUT2D eigenvalue weighted by Crippen LogP contribution is 2.16. The Morgan fingerprint density at radius 1 is 1.35 bits per heavy atom. The van der Waals surface area contributed by atoms with Crippen LogP contribution in [0.25, 0.3) is 0 Å². The van der Waals surface area contributed by atoms with Crippen LogP contribution in [-0.4, -0.2) is 23.7 Å². The molecular weight excluding hydrogens is 287 g/mol. The molecule has 0 heterocycles. The summed E-state index contributed by atoms with van der Waals surface area (Å²) in [5.41, 5.74) is -0.402. The second-order valence-electron chi connectivity index (χ2n) is 4.97. The van der Waals surface area contributed by atoms with Crippen LogP contribution in [0.4, 0.5) is 9.18 Å². The Morgan fingerprint density at radius 2 is 2.00 bits per heavy atom. The molecule has 0 radical (unpaired) electrons. The number of benzene rings is 1. The van der Waals surface area contributed by atoms with Gasteiger partial charge in [-0.25, -0.2) is 9.18 Å². The van der Waals surface area contributed by atoms with Crippen molar-refractivity contribution in [2.24, 2.45) is 5.41 Å². The first-order valence-electron chi connectivity index (χ1n) is 5.91. The molecule has 110 valence electrons. The maximum atomic E-state index is 12.9. The lowest BCUT2D eigenvalue weighted by atomic mass is 9.94. The predicted octanol–water partition coefficient (Wildman–Crippen LogP) is 2.39. The number of carbonyl (C=O) groups excluding carboxylic acids is 1. The van der Waals surface area contributed by atoms with E-state index in [0.717, 1.165) is 0 Å². The van der Waals surface area contributed by atoms with Crippen molar-refractivity contribution in [3.05, 3.63) is 34.6 Å². The molecule has 20 heavy (non-hydrogen) atoms. The zero-order chi connectivity index (χ0) is 15.3. The van der Waals surface area contributed by atoms with E-state index in [4.69, 9.17) is 16.7 Å². The minimum Gasteiger partial charge on any atom is -0.481 e. The molecule has 0 spiro atoms. The van der Waals surface area contributed by atoms with Gasteiger partial charge >= 0.3 is 12.0 Å². The Balaban J connectivity index is 2.44. The van der Waals surface area contributed by atoms with Crippen LogP contribution >= 0.6 is 11.6 Å². The molecule has 1 aromatic rings. The molecule has 7 heteroatoms. The first kappa shape index (κ1) is 16.2. The number of carboxylic acid groups (broad SMARTS) is 1. The van der Waals surface area contributed by atoms with E-state index in [1.807, 2.05) is 0 Å². The van der Waals surface area contributed by atoms with Crippen LogP contribution in [0.15, 0.2) is 18.2 Å². The Kier molecular flexibility index (Phi) is 5.33. The van der Waals surface area contributed by atoms with Gasteiger partial charge in [-0.1, -0.05) is 17.7 Å². The van der Waals surface area contributed by atoms with Crippen LogP contribution in [0, 0.1) is 11.2 Å². The van der Waals surface area contributed by atoms with Crippen LogP contribution in [0.5, 0.6) is 0 Å². The lowest BCUT2D eigenvalue weighted by molar-refractivity contribution is -0.146. The Labute approximate surface area is 121 Å². The number of rotatable bonds is 5. The van der Waals surface area contributed by atoms with Gasteiger partial charge in [0.1, 0.15) is 5.82 Å². The summed E-state index contributed by atoms with van der Waals surface area (Å²) in [6, 6.07) is 3.63. The second-order valence-corrected chi connectivity index (χ2v) is 5.38. The molecule has 0 unspecified atom stereocenters. The highest BCUT2D eigenvalue weighted by molar-refractivity contribution is 6.30. The van der Waals surface area contributed by atoms with E-state index in [9.17, 15) is 14.0 Å². The molecule has 0 fully saturated rings. The van der Waals surface area contributed by atoms with E-state index in [1.165, 1.54) is 32.0 Å². The van der Waals surface area contributed by atoms with Crippen molar-refractivity contribution in [3.8, 4) is 0 Å². The number of carbonyl (C=O) groups is 2. The van der Waals surface area contributed by atoms with Crippen LogP contribution in [0.1, 0.15) is 19.4 Å². The topological polar surface area (TPSA) is 78.4 Å². The minimum absolute atomic E-state index is 0.00165. The van der Waals surface area contributed by atoms with Gasteiger partial charge in [0, 0.05) is 13.1 Å². The molecule has 3 N–H and O–H groups in total. The maximum absolute atomic E-state index is 12.9. The molecule has 0 aliphatic heterocycles. The fourth-order valence-corrected chi connectivity index (χ4v) is 1.47. The van der Waals surface area contributed by atoms with Gasteiger partial charge in [-0.2, -0.15) is 0 Å². The summed E-state index contributed by atoms with van der Waals surface area (Å²) < 4.78 is 12.9. The number of nitrogens with one attached hydrogen (secondary N) is 2. The van der Waals surface area contributed by atoms with Crippen molar-refractivity contribution in [2.75, 3.05) is 6.54 Å². The first-order chi connectivity index (χ1) is 9.22. The van der Waals surface area contributed by atoms with Crippen molar-refractivity contribution in [2.45, 2.75) is 20.4 Å². The number of urea groups is 1. The van der Waals surface area contributed by atoms with E-state index in [2.05, 4.69) is 10.6 Å². The van der Waals surface area contributed by atoms with Crippen molar-refractivity contribution in [3.63, 3.8) is 0 Å². The molecule has 1 aromatic carbocycles. The summed E-state index contributed by atoms with van der Waals surface area (Å²) >= 11 is 5.62. The predicted molar refractivity (Wildman–Crippen MR) is 73.1 cm³/mol. The van der Waals surface area contributed by atoms with Crippen LogP contribution in [0.2, 0.25) is 5.02 Å². The van der Waals surface area contributed by atoms with Gasteiger partial charge in [0.2, 0.25) is 0 Å². The Hall–Kier alpha value is -1.82. The third-order valence-electron chi connectivity index (χ3n) is 2.71. The summed E-state index contributed by atoms with van der Waals surface area (Å²) in [6.45, 7) is 3.18. The third kappa shape index (κ3) is 4.70. The van der Waals surface area contributed by atoms with E-state index < -0.39 is 23.2 Å². The molecule has 0 aromatic heterocycles. The normalized spacial score (nSPS) is 11.0. The van der Waals surface area contributed by atoms with E-state index in [1.54, 1.807) is 0 Å². The Morgan fingerprint density at radius 3 is 2.55 bits per heavy atom. The molecule has 0 saturated heterocycles. The van der Waals surface area contributed by atoms with Gasteiger partial charge in [-0.15, -0.1) is 0 Å². The molecule has 0 atom stereocenters. The third-order valence-corrected chi connectivity index (χ3v) is 3.00. The first-order valence-corrected chi connectivity index (χ1v) is 6.29. The zero-order valence-electron chi connectivity index (χ0n) is 11.2. The SMILES string of the molecule is CC(C)(CNC(=O)NCc1ccc(F)c(Cl)c1)C(=O)O. The largest absolute Gasteiger partial charge is 0.481 e. The smallest absolute Gasteiger partial charge is 0.315 e. The van der Waals surface area contributed by atoms with Gasteiger partial charge < -0.3 is 15.7 Å². The highest BCUT2D eigenvalue weighted by Gasteiger charge is 2.27. The van der Waals surface area contributed by atoms with Gasteiger partial charge in [0.25, 0.3) is 0 Å². The van der Waals surface area contributed by atoms with Crippen LogP contribution in [0.3, 0.4) is 0 Å². The average Bonchev–Trinajstić information content (AvgIpc) is 2.37. The summed E-state index contributed by atoms with van der Waals surface area (Å²) in [7, 11) is 0. The van der Waals surface area contributed by atoms with Gasteiger partial charge in [0.15, 0.2) is 0 Å². The van der Waals surface area contributed by atoms with Crippen molar-refractivity contribution < 1.29 is 19.1 Å². The van der Waals surface area contributed by atoms with E-state index in [-0.39, 0.29) is 18.1 Å². The molecule has 0 saturated carbocycles. The summed E-state index contributed by atoms with van der Waals surface area (Å²) in [6.07, 6.45) is 0. The van der Waals surface area contributed by atoms with Gasteiger partial charge in [-0.05, 0) is 31.5 Å². The molecule has 1 rings (SSSR count). The lowest BCUT2D eigenvalue weighted by Gasteiger charge is -2.19. The second kappa shape index (κ2) is 6.56. The van der Waals surface area contributed by atoms with Gasteiger partial charge in [0.05, 0.1) is 10.4 Å². The Bertz CT molecular complexity index is 520. The van der Waals surface area contributed by atoms with Crippen LogP contribution in [-0.2, 0) is 11.3 Å². The molecular formula is C13H16ClFN2O3. The average molecular weight is 303 g/mol. The van der Waals surface area contributed by atoms with Crippen molar-refractivity contribution >= 4 is 23.6 Å². The number of hydrogen-bond acceptors (Lipinski definition) is 2. The van der Waals surface area contributed by atoms with E-state index >= 15 is 0 Å². The lowest BCUT2D eigenvalue weighted by Crippen LogP contribution is -2.43. The monoisotopic (exact) mass is 302 g/mol. The number of aliphatic carboxylic acids is 1. The summed E-state index contributed by atoms with van der Waals surface area (Å²) in [5.74, 6) is -1.52. The minimum atomic E-state index is -1.05. The molecule has 2 amide bonds. The summed E-state index contributed by atoms with van der Waals surface area (Å²) in [5, 5.41) is 13.9. The van der Waals surface area contributed by atoms with Gasteiger partial charge in [-0.3, -0.25) is 4.79 Å². The molecule has 0 aliphatic rings. The van der Waals surface area contributed by atoms with E-state index in [0.29, 0.717) is 5.56 Å². The number of halogens is 2. The standard InChI is InChI=1S/C13H16ClFN2O3/c1-13(2,11(18)19)7-17-12(20)16-6-8-3-4-10(15)9(14)5-8/h3-5H,6-7H2,1-2H3,(H,18,19)(H2,16,17,20). The highest BCUT2D eigenvalue weighted by atomic mass is 35.5. The fourth-order valence-electron chi connectivity index (χ4n) is 1.27. The summed E-state index contributed by atoms with van der Waals surface area (Å²) in [4.78, 5) is 22.4. The van der Waals surface area contributed by atoms with Crippen molar-refractivity contribution in [1.29, 1.82) is 0 Å². The maximum Gasteiger partial charge on any atom is 0.315 e. The number of carboxylic acids is 1. The molecule has 5 nitrogen and oxygen atoms in total. The number of hydrogen-bond donors (Lipinski definition) is 3. The fraction of sp³-hybridized carbons (Fsp3) is 0.385. The molecule has 0 bridgehead atoms. The van der Waals surface area contributed by atoms with Crippen LogP contribution < -0.4 is 10.6 Å².